The molecule has 19 heavy (non-hydrogen) atoms. The molecule has 1 amide bonds. The van der Waals surface area contributed by atoms with Crippen molar-refractivity contribution in [3.63, 3.8) is 0 Å². The van der Waals surface area contributed by atoms with Gasteiger partial charge in [-0.15, -0.1) is 0 Å². The lowest BCUT2D eigenvalue weighted by atomic mass is 10.1. The zero-order valence-electron chi connectivity index (χ0n) is 10.1. The van der Waals surface area contributed by atoms with Crippen LogP contribution in [0.15, 0.2) is 18.2 Å². The van der Waals surface area contributed by atoms with Crippen LogP contribution in [0.25, 0.3) is 0 Å². The highest BCUT2D eigenvalue weighted by atomic mass is 32.2. The van der Waals surface area contributed by atoms with Gasteiger partial charge in [0.2, 0.25) is 0 Å². The topological polar surface area (TPSA) is 72.2 Å². The number of non-ortho nitro benzene ring substituents is 1. The number of nitro benzene ring substituents is 1. The molecule has 1 aliphatic heterocycles. The van der Waals surface area contributed by atoms with Gasteiger partial charge in [-0.1, -0.05) is 0 Å². The first-order valence-corrected chi connectivity index (χ1v) is 7.06. The molecule has 0 spiro atoms. The third-order valence-corrected chi connectivity index (χ3v) is 4.01. The Bertz CT molecular complexity index is 504. The molecule has 0 unspecified atom stereocenters. The van der Waals surface area contributed by atoms with E-state index in [4.69, 9.17) is 0 Å². The molecule has 2 rings (SSSR count). The van der Waals surface area contributed by atoms with Crippen LogP contribution < -0.4 is 5.32 Å². The van der Waals surface area contributed by atoms with Crippen LogP contribution in [-0.4, -0.2) is 28.4 Å². The van der Waals surface area contributed by atoms with E-state index in [0.29, 0.717) is 0 Å². The Morgan fingerprint density at radius 1 is 1.42 bits per heavy atom. The fourth-order valence-electron chi connectivity index (χ4n) is 1.91. The summed E-state index contributed by atoms with van der Waals surface area (Å²) in [5.41, 5.74) is -0.557. The van der Waals surface area contributed by atoms with E-state index in [2.05, 4.69) is 5.32 Å². The summed E-state index contributed by atoms with van der Waals surface area (Å²) in [6.07, 6.45) is 1.68. The highest BCUT2D eigenvalue weighted by Gasteiger charge is 2.21. The highest BCUT2D eigenvalue weighted by molar-refractivity contribution is 7.99. The van der Waals surface area contributed by atoms with Crippen LogP contribution in [0.3, 0.4) is 0 Å². The van der Waals surface area contributed by atoms with Crippen LogP contribution >= 0.6 is 11.8 Å². The van der Waals surface area contributed by atoms with Gasteiger partial charge in [0, 0.05) is 18.2 Å². The van der Waals surface area contributed by atoms with Crippen molar-refractivity contribution in [3.05, 3.63) is 39.7 Å². The zero-order chi connectivity index (χ0) is 13.8. The molecule has 0 atom stereocenters. The van der Waals surface area contributed by atoms with Gasteiger partial charge in [-0.3, -0.25) is 14.9 Å². The average Bonchev–Trinajstić information content (AvgIpc) is 2.40. The largest absolute Gasteiger partial charge is 0.349 e. The van der Waals surface area contributed by atoms with Crippen LogP contribution in [0.5, 0.6) is 0 Å². The van der Waals surface area contributed by atoms with E-state index in [9.17, 15) is 19.3 Å². The fraction of sp³-hybridized carbons (Fsp3) is 0.417. The van der Waals surface area contributed by atoms with Crippen molar-refractivity contribution < 1.29 is 14.1 Å². The van der Waals surface area contributed by atoms with E-state index in [1.807, 2.05) is 11.8 Å². The molecule has 1 aliphatic rings. The Hall–Kier alpha value is -1.63. The van der Waals surface area contributed by atoms with Crippen LogP contribution in [0.4, 0.5) is 10.1 Å². The van der Waals surface area contributed by atoms with Gasteiger partial charge < -0.3 is 5.32 Å². The number of nitro groups is 1. The molecule has 0 aliphatic carbocycles. The maximum absolute atomic E-state index is 13.6. The van der Waals surface area contributed by atoms with Gasteiger partial charge in [-0.05, 0) is 30.4 Å². The molecule has 1 N–H and O–H groups in total. The highest BCUT2D eigenvalue weighted by Crippen LogP contribution is 2.19. The third-order valence-electron chi connectivity index (χ3n) is 2.96. The average molecular weight is 284 g/mol. The number of halogens is 1. The number of rotatable bonds is 3. The van der Waals surface area contributed by atoms with Gasteiger partial charge in [0.05, 0.1) is 10.5 Å². The Labute approximate surface area is 113 Å². The zero-order valence-corrected chi connectivity index (χ0v) is 10.9. The van der Waals surface area contributed by atoms with Gasteiger partial charge in [0.1, 0.15) is 5.82 Å². The van der Waals surface area contributed by atoms with Gasteiger partial charge in [0.25, 0.3) is 11.6 Å². The SMILES string of the molecule is O=C(NC1CCSCC1)c1cc([N+](=O)[O-])ccc1F. The molecule has 5 nitrogen and oxygen atoms in total. The number of carbonyl (C=O) groups excluding carboxylic acids is 1. The summed E-state index contributed by atoms with van der Waals surface area (Å²) in [5, 5.41) is 13.4. The van der Waals surface area contributed by atoms with Crippen molar-refractivity contribution in [3.8, 4) is 0 Å². The number of thioether (sulfide) groups is 1. The van der Waals surface area contributed by atoms with E-state index < -0.39 is 16.6 Å². The molecule has 0 radical (unpaired) electrons. The van der Waals surface area contributed by atoms with Crippen LogP contribution in [0.2, 0.25) is 0 Å². The summed E-state index contributed by atoms with van der Waals surface area (Å²) in [4.78, 5) is 21.9. The van der Waals surface area contributed by atoms with Crippen molar-refractivity contribution in [2.24, 2.45) is 0 Å². The minimum absolute atomic E-state index is 0.0208. The molecule has 1 heterocycles. The first-order chi connectivity index (χ1) is 9.08. The van der Waals surface area contributed by atoms with E-state index in [0.717, 1.165) is 42.5 Å². The van der Waals surface area contributed by atoms with E-state index in [1.54, 1.807) is 0 Å². The molecule has 0 saturated carbocycles. The number of benzene rings is 1. The number of nitrogens with one attached hydrogen (secondary N) is 1. The van der Waals surface area contributed by atoms with Crippen molar-refractivity contribution in [1.29, 1.82) is 0 Å². The number of carbonyl (C=O) groups is 1. The minimum atomic E-state index is -0.742. The van der Waals surface area contributed by atoms with E-state index in [1.165, 1.54) is 0 Å². The van der Waals surface area contributed by atoms with Gasteiger partial charge in [-0.25, -0.2) is 4.39 Å². The molecule has 0 bridgehead atoms. The number of hydrogen-bond donors (Lipinski definition) is 1. The van der Waals surface area contributed by atoms with Gasteiger partial charge >= 0.3 is 0 Å². The Balaban J connectivity index is 2.13. The summed E-state index contributed by atoms with van der Waals surface area (Å²) in [5.74, 6) is 0.594. The van der Waals surface area contributed by atoms with E-state index >= 15 is 0 Å². The van der Waals surface area contributed by atoms with Crippen LogP contribution in [0.1, 0.15) is 23.2 Å². The molecular formula is C12H13FN2O3S. The minimum Gasteiger partial charge on any atom is -0.349 e. The molecule has 1 aromatic rings. The standard InChI is InChI=1S/C12H13FN2O3S/c13-11-2-1-9(15(17)18)7-10(11)12(16)14-8-3-5-19-6-4-8/h1-2,7-8H,3-6H2,(H,14,16). The summed E-state index contributed by atoms with van der Waals surface area (Å²) < 4.78 is 13.6. The molecule has 7 heteroatoms. The Kier molecular flexibility index (Phi) is 4.36. The first-order valence-electron chi connectivity index (χ1n) is 5.90. The molecule has 102 valence electrons. The summed E-state index contributed by atoms with van der Waals surface area (Å²) in [7, 11) is 0. The maximum atomic E-state index is 13.6. The maximum Gasteiger partial charge on any atom is 0.270 e. The Morgan fingerprint density at radius 2 is 2.11 bits per heavy atom. The lowest BCUT2D eigenvalue weighted by Crippen LogP contribution is -2.37. The van der Waals surface area contributed by atoms with Crippen molar-refractivity contribution >= 4 is 23.4 Å². The van der Waals surface area contributed by atoms with Gasteiger partial charge in [-0.2, -0.15) is 11.8 Å². The molecule has 1 fully saturated rings. The second-order valence-corrected chi connectivity index (χ2v) is 5.51. The van der Waals surface area contributed by atoms with Crippen molar-refractivity contribution in [2.45, 2.75) is 18.9 Å². The number of amides is 1. The number of nitrogens with zero attached hydrogens (tertiary/aromatic N) is 1. The second-order valence-electron chi connectivity index (χ2n) is 4.28. The van der Waals surface area contributed by atoms with Crippen LogP contribution in [-0.2, 0) is 0 Å². The predicted octanol–water partition coefficient (Wildman–Crippen LogP) is 2.36. The smallest absolute Gasteiger partial charge is 0.270 e. The summed E-state index contributed by atoms with van der Waals surface area (Å²) in [6, 6.07) is 2.99. The molecular weight excluding hydrogens is 271 g/mol. The summed E-state index contributed by atoms with van der Waals surface area (Å²) in [6.45, 7) is 0. The first kappa shape index (κ1) is 13.8. The quantitative estimate of drug-likeness (QED) is 0.683. The fourth-order valence-corrected chi connectivity index (χ4v) is 3.01. The molecule has 0 aromatic heterocycles. The monoisotopic (exact) mass is 284 g/mol. The normalized spacial score (nSPS) is 16.1. The lowest BCUT2D eigenvalue weighted by Gasteiger charge is -2.22. The van der Waals surface area contributed by atoms with Crippen molar-refractivity contribution in [1.82, 2.24) is 5.32 Å². The van der Waals surface area contributed by atoms with E-state index in [-0.39, 0.29) is 17.3 Å². The molecule has 1 aromatic carbocycles. The predicted molar refractivity (Wildman–Crippen MR) is 70.9 cm³/mol. The van der Waals surface area contributed by atoms with Crippen molar-refractivity contribution in [2.75, 3.05) is 11.5 Å². The third kappa shape index (κ3) is 3.44. The summed E-state index contributed by atoms with van der Waals surface area (Å²) >= 11 is 1.82. The van der Waals surface area contributed by atoms with Crippen LogP contribution in [0, 0.1) is 15.9 Å². The lowest BCUT2D eigenvalue weighted by molar-refractivity contribution is -0.384. The molecule has 1 saturated heterocycles. The number of hydrogen-bond acceptors (Lipinski definition) is 4. The Morgan fingerprint density at radius 3 is 2.74 bits per heavy atom. The van der Waals surface area contributed by atoms with Gasteiger partial charge in [0.15, 0.2) is 0 Å². The second kappa shape index (κ2) is 6.01.